The Morgan fingerprint density at radius 1 is 1.00 bits per heavy atom. The van der Waals surface area contributed by atoms with Gasteiger partial charge in [0.25, 0.3) is 5.91 Å². The highest BCUT2D eigenvalue weighted by Crippen LogP contribution is 2.22. The predicted octanol–water partition coefficient (Wildman–Crippen LogP) is 2.16. The molecule has 1 aromatic carbocycles. The summed E-state index contributed by atoms with van der Waals surface area (Å²) in [6.07, 6.45) is 6.61. The van der Waals surface area contributed by atoms with E-state index in [0.717, 1.165) is 17.1 Å². The molecule has 9 nitrogen and oxygen atoms in total. The second-order valence-electron chi connectivity index (χ2n) is 7.19. The Bertz CT molecular complexity index is 1220. The van der Waals surface area contributed by atoms with E-state index in [1.807, 2.05) is 41.3 Å². The van der Waals surface area contributed by atoms with Gasteiger partial charge in [0.15, 0.2) is 11.5 Å². The number of benzene rings is 1. The number of carbonyl (C=O) groups is 1. The van der Waals surface area contributed by atoms with Crippen LogP contribution in [0, 0.1) is 0 Å². The van der Waals surface area contributed by atoms with Crippen molar-refractivity contribution in [2.45, 2.75) is 0 Å². The van der Waals surface area contributed by atoms with Gasteiger partial charge in [-0.15, -0.1) is 0 Å². The molecule has 31 heavy (non-hydrogen) atoms. The molecule has 5 rings (SSSR count). The number of carbonyl (C=O) groups excluding carboxylic acids is 1. The zero-order chi connectivity index (χ0) is 21.2. The Labute approximate surface area is 178 Å². The molecular formula is C22H21N7O2. The Morgan fingerprint density at radius 3 is 2.58 bits per heavy atom. The topological polar surface area (TPSA) is 88.8 Å². The molecule has 1 aliphatic heterocycles. The van der Waals surface area contributed by atoms with Gasteiger partial charge in [0, 0.05) is 37.9 Å². The molecule has 0 N–H and O–H groups in total. The van der Waals surface area contributed by atoms with Crippen molar-refractivity contribution >= 4 is 17.4 Å². The van der Waals surface area contributed by atoms with E-state index in [0.29, 0.717) is 43.3 Å². The number of amides is 1. The van der Waals surface area contributed by atoms with Crippen molar-refractivity contribution < 1.29 is 9.53 Å². The van der Waals surface area contributed by atoms with E-state index in [2.05, 4.69) is 25.0 Å². The summed E-state index contributed by atoms with van der Waals surface area (Å²) in [6, 6.07) is 11.8. The standard InChI is InChI=1S/C22H21N7O2/c1-31-20-15-23-14-19(26-20)27-9-11-28(12-10-27)22(30)17-13-25-29-18(7-8-24-21(17)29)16-5-3-2-4-6-16/h2-8,13-15H,9-12H2,1H3. The molecule has 1 amide bonds. The molecule has 0 atom stereocenters. The Hall–Kier alpha value is -4.01. The fourth-order valence-electron chi connectivity index (χ4n) is 3.77. The summed E-state index contributed by atoms with van der Waals surface area (Å²) in [5.74, 6) is 1.16. The van der Waals surface area contributed by atoms with E-state index in [9.17, 15) is 4.79 Å². The lowest BCUT2D eigenvalue weighted by Crippen LogP contribution is -2.49. The van der Waals surface area contributed by atoms with Crippen molar-refractivity contribution in [1.29, 1.82) is 0 Å². The SMILES string of the molecule is COc1cncc(N2CCN(C(=O)c3cnn4c(-c5ccccc5)ccnc34)CC2)n1. The Morgan fingerprint density at radius 2 is 1.81 bits per heavy atom. The number of hydrogen-bond donors (Lipinski definition) is 0. The highest BCUT2D eigenvalue weighted by molar-refractivity contribution is 6.00. The first-order valence-corrected chi connectivity index (χ1v) is 10.0. The van der Waals surface area contributed by atoms with Gasteiger partial charge < -0.3 is 14.5 Å². The van der Waals surface area contributed by atoms with E-state index in [1.54, 1.807) is 36.4 Å². The van der Waals surface area contributed by atoms with Gasteiger partial charge in [0.2, 0.25) is 5.88 Å². The van der Waals surface area contributed by atoms with Crippen LogP contribution in [0.5, 0.6) is 5.88 Å². The average Bonchev–Trinajstić information content (AvgIpc) is 3.28. The first-order valence-electron chi connectivity index (χ1n) is 10.0. The minimum absolute atomic E-state index is 0.0657. The third kappa shape index (κ3) is 3.54. The van der Waals surface area contributed by atoms with E-state index >= 15 is 0 Å². The molecule has 156 valence electrons. The number of piperazine rings is 1. The minimum Gasteiger partial charge on any atom is -0.480 e. The quantitative estimate of drug-likeness (QED) is 0.505. The van der Waals surface area contributed by atoms with Gasteiger partial charge in [-0.05, 0) is 6.07 Å². The molecule has 3 aromatic heterocycles. The van der Waals surface area contributed by atoms with Gasteiger partial charge in [-0.1, -0.05) is 30.3 Å². The third-order valence-electron chi connectivity index (χ3n) is 5.40. The highest BCUT2D eigenvalue weighted by Gasteiger charge is 2.26. The first kappa shape index (κ1) is 19.0. The number of ether oxygens (including phenoxy) is 1. The lowest BCUT2D eigenvalue weighted by molar-refractivity contribution is 0.0748. The fraction of sp³-hybridized carbons (Fsp3) is 0.227. The lowest BCUT2D eigenvalue weighted by atomic mass is 10.1. The Kier molecular flexibility index (Phi) is 4.91. The number of aromatic nitrogens is 5. The molecule has 9 heteroatoms. The average molecular weight is 415 g/mol. The number of nitrogens with zero attached hydrogens (tertiary/aromatic N) is 7. The van der Waals surface area contributed by atoms with Crippen molar-refractivity contribution in [1.82, 2.24) is 29.5 Å². The zero-order valence-electron chi connectivity index (χ0n) is 17.0. The minimum atomic E-state index is -0.0657. The summed E-state index contributed by atoms with van der Waals surface area (Å²) in [6.45, 7) is 2.48. The normalized spacial score (nSPS) is 14.1. The largest absolute Gasteiger partial charge is 0.480 e. The second kappa shape index (κ2) is 8.02. The summed E-state index contributed by atoms with van der Waals surface area (Å²) < 4.78 is 6.88. The maximum Gasteiger partial charge on any atom is 0.259 e. The molecule has 1 fully saturated rings. The van der Waals surface area contributed by atoms with Crippen LogP contribution >= 0.6 is 0 Å². The molecule has 0 radical (unpaired) electrons. The molecule has 1 aliphatic rings. The van der Waals surface area contributed by atoms with Gasteiger partial charge in [-0.3, -0.25) is 9.78 Å². The van der Waals surface area contributed by atoms with Crippen LogP contribution in [0.3, 0.4) is 0 Å². The van der Waals surface area contributed by atoms with Gasteiger partial charge in [0.1, 0.15) is 5.56 Å². The predicted molar refractivity (Wildman–Crippen MR) is 115 cm³/mol. The number of methoxy groups -OCH3 is 1. The van der Waals surface area contributed by atoms with E-state index in [1.165, 1.54) is 0 Å². The highest BCUT2D eigenvalue weighted by atomic mass is 16.5. The molecule has 0 aliphatic carbocycles. The molecule has 0 saturated carbocycles. The van der Waals surface area contributed by atoms with Crippen molar-refractivity contribution in [3.63, 3.8) is 0 Å². The van der Waals surface area contributed by atoms with Crippen molar-refractivity contribution in [2.75, 3.05) is 38.2 Å². The third-order valence-corrected chi connectivity index (χ3v) is 5.40. The molecule has 0 unspecified atom stereocenters. The van der Waals surface area contributed by atoms with Crippen LogP contribution in [0.15, 0.2) is 61.2 Å². The van der Waals surface area contributed by atoms with E-state index in [-0.39, 0.29) is 5.91 Å². The Balaban J connectivity index is 1.35. The molecule has 0 spiro atoms. The molecular weight excluding hydrogens is 394 g/mol. The number of fused-ring (bicyclic) bond motifs is 1. The van der Waals surface area contributed by atoms with Gasteiger partial charge in [0.05, 0.1) is 31.4 Å². The van der Waals surface area contributed by atoms with Crippen LogP contribution in [0.4, 0.5) is 5.82 Å². The van der Waals surface area contributed by atoms with E-state index < -0.39 is 0 Å². The zero-order valence-corrected chi connectivity index (χ0v) is 17.0. The van der Waals surface area contributed by atoms with Gasteiger partial charge >= 0.3 is 0 Å². The molecule has 0 bridgehead atoms. The molecule has 4 aromatic rings. The van der Waals surface area contributed by atoms with Crippen LogP contribution in [0.2, 0.25) is 0 Å². The second-order valence-corrected chi connectivity index (χ2v) is 7.19. The lowest BCUT2D eigenvalue weighted by Gasteiger charge is -2.35. The van der Waals surface area contributed by atoms with Crippen molar-refractivity contribution in [2.24, 2.45) is 0 Å². The monoisotopic (exact) mass is 415 g/mol. The summed E-state index contributed by atoms with van der Waals surface area (Å²) in [5, 5.41) is 4.46. The maximum atomic E-state index is 13.2. The molecule has 1 saturated heterocycles. The van der Waals surface area contributed by atoms with Gasteiger partial charge in [-0.25, -0.2) is 9.50 Å². The van der Waals surface area contributed by atoms with Crippen LogP contribution in [-0.4, -0.2) is 68.7 Å². The number of hydrogen-bond acceptors (Lipinski definition) is 7. The number of anilines is 1. The van der Waals surface area contributed by atoms with Crippen molar-refractivity contribution in [3.05, 3.63) is 66.7 Å². The summed E-state index contributed by atoms with van der Waals surface area (Å²) >= 11 is 0. The molecule has 4 heterocycles. The first-order chi connectivity index (χ1) is 15.2. The van der Waals surface area contributed by atoms with Crippen LogP contribution in [-0.2, 0) is 0 Å². The van der Waals surface area contributed by atoms with Crippen LogP contribution in [0.1, 0.15) is 10.4 Å². The maximum absolute atomic E-state index is 13.2. The fourth-order valence-corrected chi connectivity index (χ4v) is 3.77. The van der Waals surface area contributed by atoms with E-state index in [4.69, 9.17) is 4.74 Å². The van der Waals surface area contributed by atoms with Crippen LogP contribution in [0.25, 0.3) is 16.9 Å². The summed E-state index contributed by atoms with van der Waals surface area (Å²) in [4.78, 5) is 30.2. The van der Waals surface area contributed by atoms with Gasteiger partial charge in [-0.2, -0.15) is 10.1 Å². The van der Waals surface area contributed by atoms with Crippen molar-refractivity contribution in [3.8, 4) is 17.1 Å². The van der Waals surface area contributed by atoms with Crippen LogP contribution < -0.4 is 9.64 Å². The summed E-state index contributed by atoms with van der Waals surface area (Å²) in [7, 11) is 1.57. The number of rotatable bonds is 4. The summed E-state index contributed by atoms with van der Waals surface area (Å²) in [5.41, 5.74) is 2.98. The smallest absolute Gasteiger partial charge is 0.259 e.